The fourth-order valence-electron chi connectivity index (χ4n) is 2.67. The summed E-state index contributed by atoms with van der Waals surface area (Å²) < 4.78 is 1.98. The predicted molar refractivity (Wildman–Crippen MR) is 92.6 cm³/mol. The van der Waals surface area contributed by atoms with Crippen molar-refractivity contribution in [2.45, 2.75) is 33.9 Å². The van der Waals surface area contributed by atoms with Gasteiger partial charge in [-0.1, -0.05) is 29.8 Å². The van der Waals surface area contributed by atoms with E-state index in [1.54, 1.807) is 6.20 Å². The zero-order chi connectivity index (χ0) is 16.2. The number of rotatable bonds is 5. The SMILES string of the molecule is Cc1ccc(CNCc2ccc(-n3ccnc3C)nc2)c(C)c1. The van der Waals surface area contributed by atoms with Gasteiger partial charge in [0.05, 0.1) is 0 Å². The number of benzene rings is 1. The van der Waals surface area contributed by atoms with Crippen LogP contribution in [0.4, 0.5) is 0 Å². The lowest BCUT2D eigenvalue weighted by Crippen LogP contribution is -2.14. The molecule has 1 N–H and O–H groups in total. The van der Waals surface area contributed by atoms with Gasteiger partial charge in [-0.2, -0.15) is 0 Å². The molecule has 3 rings (SSSR count). The van der Waals surface area contributed by atoms with Crippen molar-refractivity contribution in [2.24, 2.45) is 0 Å². The van der Waals surface area contributed by atoms with Gasteiger partial charge in [-0.25, -0.2) is 9.97 Å². The molecule has 0 saturated carbocycles. The minimum Gasteiger partial charge on any atom is -0.309 e. The van der Waals surface area contributed by atoms with E-state index < -0.39 is 0 Å². The maximum atomic E-state index is 4.52. The highest BCUT2D eigenvalue weighted by molar-refractivity contribution is 5.30. The molecule has 118 valence electrons. The predicted octanol–water partition coefficient (Wildman–Crippen LogP) is 3.48. The van der Waals surface area contributed by atoms with Gasteiger partial charge < -0.3 is 5.32 Å². The van der Waals surface area contributed by atoms with E-state index in [1.165, 1.54) is 22.3 Å². The number of nitrogens with one attached hydrogen (secondary N) is 1. The monoisotopic (exact) mass is 306 g/mol. The molecule has 0 bridgehead atoms. The molecule has 0 aliphatic heterocycles. The summed E-state index contributed by atoms with van der Waals surface area (Å²) in [5, 5.41) is 3.48. The first kappa shape index (κ1) is 15.4. The first-order chi connectivity index (χ1) is 11.1. The van der Waals surface area contributed by atoms with Crippen molar-refractivity contribution in [1.29, 1.82) is 0 Å². The van der Waals surface area contributed by atoms with Crippen LogP contribution in [0.15, 0.2) is 48.9 Å². The molecule has 0 radical (unpaired) electrons. The van der Waals surface area contributed by atoms with E-state index in [0.29, 0.717) is 0 Å². The third-order valence-corrected chi connectivity index (χ3v) is 4.02. The summed E-state index contributed by atoms with van der Waals surface area (Å²) in [4.78, 5) is 8.74. The Morgan fingerprint density at radius 3 is 2.52 bits per heavy atom. The standard InChI is InChI=1S/C19H22N4/c1-14-4-6-18(15(2)10-14)13-20-11-17-5-7-19(22-12-17)23-9-8-21-16(23)3/h4-10,12,20H,11,13H2,1-3H3. The molecule has 2 heterocycles. The van der Waals surface area contributed by atoms with Crippen LogP contribution in [0.25, 0.3) is 5.82 Å². The topological polar surface area (TPSA) is 42.7 Å². The molecule has 0 aliphatic carbocycles. The van der Waals surface area contributed by atoms with Crippen LogP contribution in [-0.4, -0.2) is 14.5 Å². The average Bonchev–Trinajstić information content (AvgIpc) is 2.96. The van der Waals surface area contributed by atoms with Gasteiger partial charge in [0.15, 0.2) is 0 Å². The third-order valence-electron chi connectivity index (χ3n) is 4.02. The Morgan fingerprint density at radius 2 is 1.87 bits per heavy atom. The molecule has 4 heteroatoms. The van der Waals surface area contributed by atoms with Crippen LogP contribution < -0.4 is 5.32 Å². The highest BCUT2D eigenvalue weighted by Crippen LogP contribution is 2.11. The Balaban J connectivity index is 1.60. The summed E-state index contributed by atoms with van der Waals surface area (Å²) in [6.07, 6.45) is 5.63. The molecule has 23 heavy (non-hydrogen) atoms. The van der Waals surface area contributed by atoms with E-state index in [0.717, 1.165) is 24.7 Å². The summed E-state index contributed by atoms with van der Waals surface area (Å²) in [5.74, 6) is 1.84. The fraction of sp³-hybridized carbons (Fsp3) is 0.263. The van der Waals surface area contributed by atoms with Gasteiger partial charge in [0, 0.05) is 31.7 Å². The van der Waals surface area contributed by atoms with Crippen molar-refractivity contribution in [3.63, 3.8) is 0 Å². The van der Waals surface area contributed by atoms with Gasteiger partial charge in [-0.3, -0.25) is 4.57 Å². The van der Waals surface area contributed by atoms with Crippen molar-refractivity contribution in [3.05, 3.63) is 77.0 Å². The Hall–Kier alpha value is -2.46. The Kier molecular flexibility index (Phi) is 4.53. The molecule has 0 spiro atoms. The van der Waals surface area contributed by atoms with Crippen LogP contribution in [-0.2, 0) is 13.1 Å². The first-order valence-corrected chi connectivity index (χ1v) is 7.85. The molecule has 2 aromatic heterocycles. The van der Waals surface area contributed by atoms with Crippen LogP contribution in [0.5, 0.6) is 0 Å². The number of nitrogens with zero attached hydrogens (tertiary/aromatic N) is 3. The molecular weight excluding hydrogens is 284 g/mol. The lowest BCUT2D eigenvalue weighted by Gasteiger charge is -2.09. The van der Waals surface area contributed by atoms with Gasteiger partial charge in [0.25, 0.3) is 0 Å². The lowest BCUT2D eigenvalue weighted by atomic mass is 10.1. The van der Waals surface area contributed by atoms with E-state index in [1.807, 2.05) is 30.0 Å². The smallest absolute Gasteiger partial charge is 0.137 e. The molecule has 0 aliphatic rings. The molecule has 0 amide bonds. The van der Waals surface area contributed by atoms with E-state index >= 15 is 0 Å². The van der Waals surface area contributed by atoms with E-state index in [2.05, 4.69) is 53.4 Å². The summed E-state index contributed by atoms with van der Waals surface area (Å²) >= 11 is 0. The Labute approximate surface area is 137 Å². The van der Waals surface area contributed by atoms with Crippen molar-refractivity contribution in [3.8, 4) is 5.82 Å². The second-order valence-corrected chi connectivity index (χ2v) is 5.90. The molecule has 0 fully saturated rings. The van der Waals surface area contributed by atoms with Gasteiger partial charge >= 0.3 is 0 Å². The van der Waals surface area contributed by atoms with Gasteiger partial charge in [0.2, 0.25) is 0 Å². The zero-order valence-corrected chi connectivity index (χ0v) is 13.9. The van der Waals surface area contributed by atoms with Gasteiger partial charge in [-0.15, -0.1) is 0 Å². The fourth-order valence-corrected chi connectivity index (χ4v) is 2.67. The molecule has 0 unspecified atom stereocenters. The summed E-state index contributed by atoms with van der Waals surface area (Å²) in [6, 6.07) is 10.7. The van der Waals surface area contributed by atoms with Crippen LogP contribution >= 0.6 is 0 Å². The molecule has 4 nitrogen and oxygen atoms in total. The maximum absolute atomic E-state index is 4.52. The second kappa shape index (κ2) is 6.75. The highest BCUT2D eigenvalue weighted by atomic mass is 15.1. The van der Waals surface area contributed by atoms with Gasteiger partial charge in [0.1, 0.15) is 11.6 Å². The number of hydrogen-bond donors (Lipinski definition) is 1. The van der Waals surface area contributed by atoms with Crippen molar-refractivity contribution < 1.29 is 0 Å². The van der Waals surface area contributed by atoms with Crippen LogP contribution in [0, 0.1) is 20.8 Å². The van der Waals surface area contributed by atoms with Crippen LogP contribution in [0.3, 0.4) is 0 Å². The largest absolute Gasteiger partial charge is 0.309 e. The summed E-state index contributed by atoms with van der Waals surface area (Å²) in [6.45, 7) is 7.94. The third kappa shape index (κ3) is 3.66. The number of aromatic nitrogens is 3. The number of imidazole rings is 1. The molecule has 1 aromatic carbocycles. The Bertz CT molecular complexity index is 787. The van der Waals surface area contributed by atoms with Crippen molar-refractivity contribution in [2.75, 3.05) is 0 Å². The summed E-state index contributed by atoms with van der Waals surface area (Å²) in [7, 11) is 0. The molecule has 3 aromatic rings. The summed E-state index contributed by atoms with van der Waals surface area (Å²) in [5.41, 5.74) is 5.16. The molecule has 0 atom stereocenters. The number of hydrogen-bond acceptors (Lipinski definition) is 3. The lowest BCUT2D eigenvalue weighted by molar-refractivity contribution is 0.688. The van der Waals surface area contributed by atoms with Crippen molar-refractivity contribution in [1.82, 2.24) is 19.9 Å². The van der Waals surface area contributed by atoms with E-state index in [9.17, 15) is 0 Å². The van der Waals surface area contributed by atoms with Gasteiger partial charge in [-0.05, 0) is 43.5 Å². The first-order valence-electron chi connectivity index (χ1n) is 7.85. The Morgan fingerprint density at radius 1 is 1.00 bits per heavy atom. The van der Waals surface area contributed by atoms with E-state index in [4.69, 9.17) is 0 Å². The zero-order valence-electron chi connectivity index (χ0n) is 13.9. The minimum atomic E-state index is 0.809. The molecular formula is C19H22N4. The van der Waals surface area contributed by atoms with Crippen LogP contribution in [0.2, 0.25) is 0 Å². The average molecular weight is 306 g/mol. The second-order valence-electron chi connectivity index (χ2n) is 5.90. The number of pyridine rings is 1. The minimum absolute atomic E-state index is 0.809. The molecule has 0 saturated heterocycles. The quantitative estimate of drug-likeness (QED) is 0.784. The maximum Gasteiger partial charge on any atom is 0.137 e. The normalized spacial score (nSPS) is 10.9. The highest BCUT2D eigenvalue weighted by Gasteiger charge is 2.02. The number of aryl methyl sites for hydroxylation is 3. The van der Waals surface area contributed by atoms with Crippen molar-refractivity contribution >= 4 is 0 Å². The van der Waals surface area contributed by atoms with Crippen LogP contribution in [0.1, 0.15) is 28.1 Å². The van der Waals surface area contributed by atoms with E-state index in [-0.39, 0.29) is 0 Å².